The van der Waals surface area contributed by atoms with E-state index in [4.69, 9.17) is 5.73 Å². The highest BCUT2D eigenvalue weighted by Crippen LogP contribution is 2.11. The van der Waals surface area contributed by atoms with Gasteiger partial charge in [-0.15, -0.1) is 5.06 Å². The molecule has 1 fully saturated rings. The number of carbonyl (C=O) groups is 3. The van der Waals surface area contributed by atoms with Gasteiger partial charge in [-0.25, -0.2) is 4.79 Å². The number of hydroxylamine groups is 2. The highest BCUT2D eigenvalue weighted by Gasteiger charge is 2.32. The Morgan fingerprint density at radius 2 is 1.81 bits per heavy atom. The van der Waals surface area contributed by atoms with Crippen molar-refractivity contribution in [3.8, 4) is 0 Å². The van der Waals surface area contributed by atoms with Gasteiger partial charge in [-0.1, -0.05) is 35.9 Å². The van der Waals surface area contributed by atoms with Crippen LogP contribution in [0.15, 0.2) is 30.3 Å². The number of hydrogen-bond acceptors (Lipinski definition) is 5. The van der Waals surface area contributed by atoms with Crippen LogP contribution < -0.4 is 11.1 Å². The van der Waals surface area contributed by atoms with Gasteiger partial charge >= 0.3 is 6.09 Å². The molecule has 3 N–H and O–H groups in total. The van der Waals surface area contributed by atoms with E-state index < -0.39 is 17.9 Å². The largest absolute Gasteiger partial charge is 0.432 e. The molecular formula is C14H19N3O4. The van der Waals surface area contributed by atoms with Gasteiger partial charge in [0.1, 0.15) is 0 Å². The van der Waals surface area contributed by atoms with Crippen molar-refractivity contribution in [1.29, 1.82) is 0 Å². The van der Waals surface area contributed by atoms with Crippen LogP contribution in [0.1, 0.15) is 18.4 Å². The monoisotopic (exact) mass is 293 g/mol. The first-order valence-corrected chi connectivity index (χ1v) is 6.58. The van der Waals surface area contributed by atoms with Gasteiger partial charge in [-0.3, -0.25) is 9.59 Å². The third kappa shape index (κ3) is 6.05. The maximum atomic E-state index is 11.0. The van der Waals surface area contributed by atoms with E-state index in [0.717, 1.165) is 0 Å². The number of benzene rings is 1. The second-order valence-electron chi connectivity index (χ2n) is 4.33. The Labute approximate surface area is 123 Å². The molecule has 0 spiro atoms. The van der Waals surface area contributed by atoms with Crippen molar-refractivity contribution in [2.24, 2.45) is 5.73 Å². The molecule has 0 aliphatic carbocycles. The van der Waals surface area contributed by atoms with Gasteiger partial charge in [0, 0.05) is 25.9 Å². The minimum Gasteiger partial charge on any atom is -0.329 e. The zero-order valence-electron chi connectivity index (χ0n) is 11.9. The van der Waals surface area contributed by atoms with Crippen LogP contribution in [-0.4, -0.2) is 36.1 Å². The molecule has 0 radical (unpaired) electrons. The molecule has 1 aromatic carbocycles. The van der Waals surface area contributed by atoms with Crippen molar-refractivity contribution in [2.75, 3.05) is 13.1 Å². The minimum atomic E-state index is -0.848. The second-order valence-corrected chi connectivity index (χ2v) is 4.33. The van der Waals surface area contributed by atoms with Crippen molar-refractivity contribution in [2.45, 2.75) is 19.8 Å². The lowest BCUT2D eigenvalue weighted by Gasteiger charge is -2.12. The minimum absolute atomic E-state index is 0.0863. The average Bonchev–Trinajstić information content (AvgIpc) is 2.78. The van der Waals surface area contributed by atoms with Gasteiger partial charge in [-0.2, -0.15) is 0 Å². The summed E-state index contributed by atoms with van der Waals surface area (Å²) in [6.45, 7) is 2.58. The fraction of sp³-hybridized carbons (Fsp3) is 0.357. The molecule has 7 nitrogen and oxygen atoms in total. The maximum Gasteiger partial charge on any atom is 0.432 e. The van der Waals surface area contributed by atoms with E-state index in [-0.39, 0.29) is 25.9 Å². The van der Waals surface area contributed by atoms with Crippen molar-refractivity contribution in [1.82, 2.24) is 10.4 Å². The molecule has 0 aromatic heterocycles. The molecule has 1 heterocycles. The Balaban J connectivity index is 0.000000262. The smallest absolute Gasteiger partial charge is 0.329 e. The van der Waals surface area contributed by atoms with Crippen molar-refractivity contribution in [3.63, 3.8) is 0 Å². The first-order valence-electron chi connectivity index (χ1n) is 6.58. The van der Waals surface area contributed by atoms with E-state index >= 15 is 0 Å². The summed E-state index contributed by atoms with van der Waals surface area (Å²) < 4.78 is 0. The number of carbonyl (C=O) groups excluding carboxylic acids is 3. The van der Waals surface area contributed by atoms with Gasteiger partial charge in [0.05, 0.1) is 0 Å². The predicted molar refractivity (Wildman–Crippen MR) is 75.8 cm³/mol. The fourth-order valence-electron chi connectivity index (χ4n) is 1.48. The number of nitrogens with two attached hydrogens (primary N) is 1. The number of amides is 3. The lowest BCUT2D eigenvalue weighted by atomic mass is 10.2. The summed E-state index contributed by atoms with van der Waals surface area (Å²) in [4.78, 5) is 37.3. The summed E-state index contributed by atoms with van der Waals surface area (Å²) in [6.07, 6.45) is -0.675. The third-order valence-corrected chi connectivity index (χ3v) is 2.53. The lowest BCUT2D eigenvalue weighted by molar-refractivity contribution is -0.171. The van der Waals surface area contributed by atoms with Crippen LogP contribution in [0.25, 0.3) is 0 Å². The van der Waals surface area contributed by atoms with Crippen LogP contribution in [0, 0.1) is 6.92 Å². The number of nitrogens with zero attached hydrogens (tertiary/aromatic N) is 1. The third-order valence-electron chi connectivity index (χ3n) is 2.53. The molecule has 1 saturated heterocycles. The van der Waals surface area contributed by atoms with E-state index in [1.165, 1.54) is 5.56 Å². The number of hydrogen-bond donors (Lipinski definition) is 2. The molecule has 2 rings (SSSR count). The molecule has 1 aliphatic heterocycles. The van der Waals surface area contributed by atoms with Crippen LogP contribution in [0.5, 0.6) is 0 Å². The van der Waals surface area contributed by atoms with Crippen LogP contribution in [0.4, 0.5) is 4.79 Å². The summed E-state index contributed by atoms with van der Waals surface area (Å²) in [5.74, 6) is -1.00. The topological polar surface area (TPSA) is 102 Å². The zero-order valence-corrected chi connectivity index (χ0v) is 11.9. The average molecular weight is 293 g/mol. The number of rotatable bonds is 3. The van der Waals surface area contributed by atoms with E-state index in [2.05, 4.69) is 29.2 Å². The molecule has 7 heteroatoms. The quantitative estimate of drug-likeness (QED) is 0.800. The van der Waals surface area contributed by atoms with E-state index in [9.17, 15) is 14.4 Å². The molecule has 0 bridgehead atoms. The molecule has 21 heavy (non-hydrogen) atoms. The Morgan fingerprint density at radius 3 is 2.24 bits per heavy atom. The predicted octanol–water partition coefficient (Wildman–Crippen LogP) is 0.730. The summed E-state index contributed by atoms with van der Waals surface area (Å²) in [7, 11) is 0. The molecule has 114 valence electrons. The van der Waals surface area contributed by atoms with Crippen molar-refractivity contribution < 1.29 is 19.2 Å². The first kappa shape index (κ1) is 16.6. The van der Waals surface area contributed by atoms with E-state index in [1.807, 2.05) is 18.2 Å². The van der Waals surface area contributed by atoms with Gasteiger partial charge in [0.2, 0.25) is 0 Å². The Morgan fingerprint density at radius 1 is 1.24 bits per heavy atom. The van der Waals surface area contributed by atoms with E-state index in [0.29, 0.717) is 5.06 Å². The van der Waals surface area contributed by atoms with Crippen LogP contribution in [0.3, 0.4) is 0 Å². The fourth-order valence-corrected chi connectivity index (χ4v) is 1.48. The van der Waals surface area contributed by atoms with Crippen molar-refractivity contribution in [3.05, 3.63) is 35.9 Å². The lowest BCUT2D eigenvalue weighted by Crippen LogP contribution is -2.38. The highest BCUT2D eigenvalue weighted by molar-refractivity contribution is 6.01. The number of aryl methyl sites for hydroxylation is 1. The zero-order chi connectivity index (χ0) is 15.7. The Hall–Kier alpha value is -2.41. The van der Waals surface area contributed by atoms with Gasteiger partial charge in [0.25, 0.3) is 11.8 Å². The van der Waals surface area contributed by atoms with Gasteiger partial charge in [0.15, 0.2) is 0 Å². The Kier molecular flexibility index (Phi) is 6.90. The van der Waals surface area contributed by atoms with E-state index in [1.54, 1.807) is 0 Å². The SMILES string of the molecule is Cc1ccccc1.NCCNC(=O)ON1C(=O)CCC1=O. The van der Waals surface area contributed by atoms with Gasteiger partial charge < -0.3 is 15.9 Å². The van der Waals surface area contributed by atoms with Crippen LogP contribution >= 0.6 is 0 Å². The second kappa shape index (κ2) is 8.70. The molecule has 0 atom stereocenters. The molecule has 0 saturated carbocycles. The summed E-state index contributed by atoms with van der Waals surface area (Å²) in [5, 5.41) is 2.75. The Bertz CT molecular complexity index is 474. The number of imide groups is 1. The maximum absolute atomic E-state index is 11.0. The molecule has 1 aliphatic rings. The molecular weight excluding hydrogens is 274 g/mol. The summed E-state index contributed by atoms with van der Waals surface area (Å²) in [6, 6.07) is 10.3. The molecule has 1 aromatic rings. The standard InChI is InChI=1S/C7H11N3O4.C7H8/c8-3-4-9-7(13)14-10-5(11)1-2-6(10)12;1-7-5-3-2-4-6-7/h1-4,8H2,(H,9,13);2-6H,1H3. The summed E-state index contributed by atoms with van der Waals surface area (Å²) in [5.41, 5.74) is 6.44. The van der Waals surface area contributed by atoms with Crippen LogP contribution in [-0.2, 0) is 14.4 Å². The summed E-state index contributed by atoms with van der Waals surface area (Å²) >= 11 is 0. The molecule has 3 amide bonds. The molecule has 0 unspecified atom stereocenters. The normalized spacial score (nSPS) is 13.5. The van der Waals surface area contributed by atoms with Gasteiger partial charge in [-0.05, 0) is 6.92 Å². The first-order chi connectivity index (χ1) is 10.0. The highest BCUT2D eigenvalue weighted by atomic mass is 16.7. The van der Waals surface area contributed by atoms with Crippen molar-refractivity contribution >= 4 is 17.9 Å². The number of nitrogens with one attached hydrogen (secondary N) is 1. The van der Waals surface area contributed by atoms with Crippen LogP contribution in [0.2, 0.25) is 0 Å².